The lowest BCUT2D eigenvalue weighted by Gasteiger charge is -2.06. The van der Waals surface area contributed by atoms with Gasteiger partial charge in [-0.05, 0) is 50.6 Å². The van der Waals surface area contributed by atoms with Crippen molar-refractivity contribution in [2.75, 3.05) is 11.9 Å². The Labute approximate surface area is 138 Å². The molecule has 1 N–H and O–H groups in total. The molecule has 0 fully saturated rings. The lowest BCUT2D eigenvalue weighted by Crippen LogP contribution is -2.14. The van der Waals surface area contributed by atoms with Gasteiger partial charge in [0.15, 0.2) is 12.4 Å². The number of ether oxygens (including phenoxy) is 1. The number of benzene rings is 1. The Hall–Kier alpha value is -2.89. The second-order valence-corrected chi connectivity index (χ2v) is 5.84. The van der Waals surface area contributed by atoms with Gasteiger partial charge in [-0.1, -0.05) is 0 Å². The third-order valence-electron chi connectivity index (χ3n) is 4.09. The summed E-state index contributed by atoms with van der Waals surface area (Å²) in [5.74, 6) is -0.241. The van der Waals surface area contributed by atoms with Gasteiger partial charge in [0, 0.05) is 11.3 Å². The van der Waals surface area contributed by atoms with E-state index >= 15 is 0 Å². The predicted molar refractivity (Wildman–Crippen MR) is 86.3 cm³/mol. The summed E-state index contributed by atoms with van der Waals surface area (Å²) in [5, 5.41) is 2.75. The minimum absolute atomic E-state index is 0.0909. The topological polar surface area (TPSA) is 85.6 Å². The second kappa shape index (κ2) is 5.96. The first-order valence-corrected chi connectivity index (χ1v) is 7.59. The van der Waals surface area contributed by atoms with Crippen LogP contribution >= 0.6 is 0 Å². The Morgan fingerprint density at radius 1 is 1.25 bits per heavy atom. The maximum absolute atomic E-state index is 12.3. The number of nitrogens with one attached hydrogen (secondary N) is 1. The highest BCUT2D eigenvalue weighted by Crippen LogP contribution is 2.32. The zero-order chi connectivity index (χ0) is 17.4. The Morgan fingerprint density at radius 2 is 2.00 bits per heavy atom. The number of carbonyl (C=O) groups is 3. The standard InChI is InChI=1S/C18H17NO5/c1-9-6-14(11(3)24-9)18(22)23-8-16(20)12-4-5-15-13(7-12)10(2)17(21)19-15/h4-7,10H,8H2,1-3H3,(H,19,21)/t10-/m1/s1. The van der Waals surface area contributed by atoms with Crippen molar-refractivity contribution in [3.8, 4) is 0 Å². The van der Waals surface area contributed by atoms with Crippen LogP contribution in [-0.4, -0.2) is 24.3 Å². The van der Waals surface area contributed by atoms with Gasteiger partial charge >= 0.3 is 5.97 Å². The van der Waals surface area contributed by atoms with Crippen molar-refractivity contribution in [2.45, 2.75) is 26.7 Å². The molecule has 0 unspecified atom stereocenters. The van der Waals surface area contributed by atoms with Gasteiger partial charge in [0.1, 0.15) is 17.1 Å². The number of carbonyl (C=O) groups excluding carboxylic acids is 3. The Balaban J connectivity index is 1.69. The van der Waals surface area contributed by atoms with Crippen molar-refractivity contribution < 1.29 is 23.5 Å². The van der Waals surface area contributed by atoms with Gasteiger partial charge in [0.05, 0.1) is 5.92 Å². The molecule has 6 nitrogen and oxygen atoms in total. The third-order valence-corrected chi connectivity index (χ3v) is 4.09. The van der Waals surface area contributed by atoms with Crippen LogP contribution in [0.3, 0.4) is 0 Å². The monoisotopic (exact) mass is 327 g/mol. The van der Waals surface area contributed by atoms with Crippen LogP contribution in [0.1, 0.15) is 50.6 Å². The summed E-state index contributed by atoms with van der Waals surface area (Å²) < 4.78 is 10.3. The van der Waals surface area contributed by atoms with Crippen molar-refractivity contribution in [3.63, 3.8) is 0 Å². The molecule has 1 atom stereocenters. The number of hydrogen-bond acceptors (Lipinski definition) is 5. The van der Waals surface area contributed by atoms with Crippen molar-refractivity contribution in [2.24, 2.45) is 0 Å². The fourth-order valence-electron chi connectivity index (χ4n) is 2.72. The van der Waals surface area contributed by atoms with Crippen molar-refractivity contribution in [1.29, 1.82) is 0 Å². The largest absolute Gasteiger partial charge is 0.466 e. The highest BCUT2D eigenvalue weighted by molar-refractivity contribution is 6.05. The number of ketones is 1. The van der Waals surface area contributed by atoms with E-state index < -0.39 is 5.97 Å². The van der Waals surface area contributed by atoms with Crippen LogP contribution in [0.25, 0.3) is 0 Å². The van der Waals surface area contributed by atoms with Gasteiger partial charge in [-0.15, -0.1) is 0 Å². The molecule has 0 saturated heterocycles. The van der Waals surface area contributed by atoms with Crippen molar-refractivity contribution >= 4 is 23.3 Å². The molecule has 1 aliphatic heterocycles. The molecule has 1 aromatic carbocycles. The number of fused-ring (bicyclic) bond motifs is 1. The van der Waals surface area contributed by atoms with Crippen LogP contribution in [0.2, 0.25) is 0 Å². The van der Waals surface area contributed by atoms with Crippen molar-refractivity contribution in [3.05, 3.63) is 52.5 Å². The maximum atomic E-state index is 12.3. The van der Waals surface area contributed by atoms with E-state index in [0.717, 1.165) is 5.56 Å². The van der Waals surface area contributed by atoms with Crippen molar-refractivity contribution in [1.82, 2.24) is 0 Å². The zero-order valence-electron chi connectivity index (χ0n) is 13.6. The highest BCUT2D eigenvalue weighted by Gasteiger charge is 2.27. The molecule has 1 amide bonds. The molecule has 0 aliphatic carbocycles. The quantitative estimate of drug-likeness (QED) is 0.689. The molecule has 3 rings (SSSR count). The van der Waals surface area contributed by atoms with Crippen LogP contribution in [0.5, 0.6) is 0 Å². The number of esters is 1. The summed E-state index contributed by atoms with van der Waals surface area (Å²) in [7, 11) is 0. The summed E-state index contributed by atoms with van der Waals surface area (Å²) in [4.78, 5) is 35.9. The zero-order valence-corrected chi connectivity index (χ0v) is 13.6. The van der Waals surface area contributed by atoms with E-state index in [1.54, 1.807) is 45.0 Å². The van der Waals surface area contributed by atoms with Gasteiger partial charge in [-0.3, -0.25) is 9.59 Å². The number of amides is 1. The molecule has 2 aromatic rings. The fourth-order valence-corrected chi connectivity index (χ4v) is 2.72. The summed E-state index contributed by atoms with van der Waals surface area (Å²) in [5.41, 5.74) is 2.21. The predicted octanol–water partition coefficient (Wildman–Crippen LogP) is 2.99. The maximum Gasteiger partial charge on any atom is 0.342 e. The minimum Gasteiger partial charge on any atom is -0.466 e. The lowest BCUT2D eigenvalue weighted by atomic mass is 9.99. The highest BCUT2D eigenvalue weighted by atomic mass is 16.5. The summed E-state index contributed by atoms with van der Waals surface area (Å²) >= 11 is 0. The normalized spacial score (nSPS) is 15.8. The molecule has 24 heavy (non-hydrogen) atoms. The summed E-state index contributed by atoms with van der Waals surface area (Å²) in [6.45, 7) is 4.81. The van der Waals surface area contributed by atoms with Crippen LogP contribution in [-0.2, 0) is 9.53 Å². The molecule has 0 saturated carbocycles. The first-order valence-electron chi connectivity index (χ1n) is 7.59. The van der Waals surface area contributed by atoms with E-state index in [2.05, 4.69) is 5.32 Å². The molecule has 0 radical (unpaired) electrons. The molecular weight excluding hydrogens is 310 g/mol. The molecule has 1 aliphatic rings. The molecule has 1 aromatic heterocycles. The fraction of sp³-hybridized carbons (Fsp3) is 0.278. The molecule has 6 heteroatoms. The Bertz CT molecular complexity index is 849. The first-order chi connectivity index (χ1) is 11.4. The van der Waals surface area contributed by atoms with Crippen LogP contribution in [0.15, 0.2) is 28.7 Å². The number of aryl methyl sites for hydroxylation is 2. The van der Waals surface area contributed by atoms with Gasteiger partial charge in [-0.2, -0.15) is 0 Å². The smallest absolute Gasteiger partial charge is 0.342 e. The Morgan fingerprint density at radius 3 is 2.67 bits per heavy atom. The van der Waals surface area contributed by atoms with E-state index in [1.807, 2.05) is 0 Å². The number of rotatable bonds is 4. The molecular formula is C18H17NO5. The molecule has 2 heterocycles. The average Bonchev–Trinajstić information content (AvgIpc) is 3.03. The summed E-state index contributed by atoms with van der Waals surface area (Å²) in [6.07, 6.45) is 0. The molecule has 0 bridgehead atoms. The van der Waals surface area contributed by atoms with E-state index in [-0.39, 0.29) is 24.2 Å². The van der Waals surface area contributed by atoms with E-state index in [0.29, 0.717) is 28.3 Å². The van der Waals surface area contributed by atoms with Crippen LogP contribution in [0.4, 0.5) is 5.69 Å². The average molecular weight is 327 g/mol. The van der Waals surface area contributed by atoms with Crippen LogP contribution in [0, 0.1) is 13.8 Å². The second-order valence-electron chi connectivity index (χ2n) is 5.84. The Kier molecular flexibility index (Phi) is 3.97. The van der Waals surface area contributed by atoms with Gasteiger partial charge in [0.2, 0.25) is 5.91 Å². The lowest BCUT2D eigenvalue weighted by molar-refractivity contribution is -0.116. The third kappa shape index (κ3) is 2.82. The van der Waals surface area contributed by atoms with E-state index in [4.69, 9.17) is 9.15 Å². The van der Waals surface area contributed by atoms with Crippen LogP contribution < -0.4 is 5.32 Å². The first kappa shape index (κ1) is 16.0. The van der Waals surface area contributed by atoms with E-state index in [9.17, 15) is 14.4 Å². The number of hydrogen-bond donors (Lipinski definition) is 1. The number of anilines is 1. The summed E-state index contributed by atoms with van der Waals surface area (Å²) in [6, 6.07) is 6.55. The van der Waals surface area contributed by atoms with Gasteiger partial charge in [0.25, 0.3) is 0 Å². The molecule has 0 spiro atoms. The number of Topliss-reactive ketones (excluding diaryl/α,β-unsaturated/α-hetero) is 1. The van der Waals surface area contributed by atoms with Gasteiger partial charge < -0.3 is 14.5 Å². The van der Waals surface area contributed by atoms with Gasteiger partial charge in [-0.25, -0.2) is 4.79 Å². The molecule has 124 valence electrons. The van der Waals surface area contributed by atoms with E-state index in [1.165, 1.54) is 0 Å². The SMILES string of the molecule is Cc1cc(C(=O)OCC(=O)c2ccc3c(c2)[C@@H](C)C(=O)N3)c(C)o1. The number of furan rings is 1. The minimum atomic E-state index is -0.593.